The van der Waals surface area contributed by atoms with Crippen molar-refractivity contribution < 1.29 is 0 Å². The maximum atomic E-state index is 3.23. The summed E-state index contributed by atoms with van der Waals surface area (Å²) in [5.41, 5.74) is 3.96. The van der Waals surface area contributed by atoms with E-state index in [1.807, 2.05) is 6.20 Å². The SMILES string of the molecule is CC(C)=CCc1ccc2cc[nH]c2c1. The maximum Gasteiger partial charge on any atom is 0.0456 e. The molecule has 0 amide bonds. The van der Waals surface area contributed by atoms with Crippen LogP contribution in [0.15, 0.2) is 42.1 Å². The zero-order valence-corrected chi connectivity index (χ0v) is 8.67. The van der Waals surface area contributed by atoms with Gasteiger partial charge in [-0.1, -0.05) is 23.8 Å². The molecule has 0 aliphatic rings. The van der Waals surface area contributed by atoms with Gasteiger partial charge in [0, 0.05) is 11.7 Å². The first-order valence-corrected chi connectivity index (χ1v) is 4.95. The topological polar surface area (TPSA) is 15.8 Å². The van der Waals surface area contributed by atoms with Gasteiger partial charge in [-0.3, -0.25) is 0 Å². The van der Waals surface area contributed by atoms with E-state index >= 15 is 0 Å². The molecule has 0 fully saturated rings. The van der Waals surface area contributed by atoms with E-state index in [4.69, 9.17) is 0 Å². The van der Waals surface area contributed by atoms with E-state index < -0.39 is 0 Å². The Morgan fingerprint density at radius 3 is 2.93 bits per heavy atom. The summed E-state index contributed by atoms with van der Waals surface area (Å²) in [7, 11) is 0. The van der Waals surface area contributed by atoms with Crippen molar-refractivity contribution in [3.05, 3.63) is 47.7 Å². The fraction of sp³-hybridized carbons (Fsp3) is 0.231. The first-order chi connectivity index (χ1) is 6.75. The first kappa shape index (κ1) is 9.07. The first-order valence-electron chi connectivity index (χ1n) is 4.95. The van der Waals surface area contributed by atoms with E-state index in [9.17, 15) is 0 Å². The van der Waals surface area contributed by atoms with E-state index in [0.29, 0.717) is 0 Å². The molecule has 0 saturated carbocycles. The van der Waals surface area contributed by atoms with E-state index in [2.05, 4.69) is 49.2 Å². The molecule has 72 valence electrons. The average Bonchev–Trinajstić information content (AvgIpc) is 2.61. The van der Waals surface area contributed by atoms with Crippen LogP contribution >= 0.6 is 0 Å². The minimum Gasteiger partial charge on any atom is -0.361 e. The highest BCUT2D eigenvalue weighted by Crippen LogP contribution is 2.14. The molecule has 0 aliphatic heterocycles. The van der Waals surface area contributed by atoms with Crippen LogP contribution in [0.25, 0.3) is 10.9 Å². The second kappa shape index (κ2) is 3.70. The predicted molar refractivity (Wildman–Crippen MR) is 61.4 cm³/mol. The van der Waals surface area contributed by atoms with Crippen molar-refractivity contribution in [2.45, 2.75) is 20.3 Å². The fourth-order valence-corrected chi connectivity index (χ4v) is 1.54. The summed E-state index contributed by atoms with van der Waals surface area (Å²) >= 11 is 0. The van der Waals surface area contributed by atoms with Crippen molar-refractivity contribution >= 4 is 10.9 Å². The molecule has 1 heterocycles. The Morgan fingerprint density at radius 2 is 2.14 bits per heavy atom. The molecule has 1 N–H and O–H groups in total. The van der Waals surface area contributed by atoms with Gasteiger partial charge in [0.2, 0.25) is 0 Å². The Balaban J connectivity index is 2.30. The van der Waals surface area contributed by atoms with E-state index in [1.54, 1.807) is 0 Å². The summed E-state index contributed by atoms with van der Waals surface area (Å²) in [4.78, 5) is 3.23. The second-order valence-corrected chi connectivity index (χ2v) is 3.88. The van der Waals surface area contributed by atoms with Gasteiger partial charge in [0.05, 0.1) is 0 Å². The number of hydrogen-bond acceptors (Lipinski definition) is 0. The molecule has 0 spiro atoms. The van der Waals surface area contributed by atoms with Crippen LogP contribution in [-0.2, 0) is 6.42 Å². The molecule has 2 aromatic rings. The van der Waals surface area contributed by atoms with Crippen molar-refractivity contribution in [1.29, 1.82) is 0 Å². The Kier molecular flexibility index (Phi) is 2.40. The van der Waals surface area contributed by atoms with Crippen LogP contribution < -0.4 is 0 Å². The molecule has 1 aromatic heterocycles. The molecular formula is C13H15N. The Hall–Kier alpha value is -1.50. The molecule has 2 rings (SSSR count). The molecule has 0 aliphatic carbocycles. The number of aromatic amines is 1. The second-order valence-electron chi connectivity index (χ2n) is 3.88. The van der Waals surface area contributed by atoms with Gasteiger partial charge in [-0.25, -0.2) is 0 Å². The van der Waals surface area contributed by atoms with Crippen LogP contribution in [0.1, 0.15) is 19.4 Å². The van der Waals surface area contributed by atoms with Crippen LogP contribution in [-0.4, -0.2) is 4.98 Å². The number of aromatic nitrogens is 1. The molecule has 1 heteroatoms. The number of H-pyrrole nitrogens is 1. The third kappa shape index (κ3) is 1.87. The molecule has 0 unspecified atom stereocenters. The van der Waals surface area contributed by atoms with Gasteiger partial charge < -0.3 is 4.98 Å². The molecule has 1 nitrogen and oxygen atoms in total. The molecule has 0 saturated heterocycles. The molecule has 0 bridgehead atoms. The van der Waals surface area contributed by atoms with Crippen molar-refractivity contribution in [1.82, 2.24) is 4.98 Å². The van der Waals surface area contributed by atoms with Crippen LogP contribution in [0.3, 0.4) is 0 Å². The van der Waals surface area contributed by atoms with Gasteiger partial charge in [-0.05, 0) is 43.4 Å². The zero-order chi connectivity index (χ0) is 9.97. The Labute approximate surface area is 84.5 Å². The highest BCUT2D eigenvalue weighted by atomic mass is 14.7. The van der Waals surface area contributed by atoms with Gasteiger partial charge in [-0.15, -0.1) is 0 Å². The lowest BCUT2D eigenvalue weighted by atomic mass is 10.1. The van der Waals surface area contributed by atoms with Crippen molar-refractivity contribution in [2.75, 3.05) is 0 Å². The van der Waals surface area contributed by atoms with E-state index in [0.717, 1.165) is 6.42 Å². The van der Waals surface area contributed by atoms with E-state index in [1.165, 1.54) is 22.0 Å². The van der Waals surface area contributed by atoms with Crippen molar-refractivity contribution in [3.63, 3.8) is 0 Å². The molecule has 1 aromatic carbocycles. The third-order valence-corrected chi connectivity index (χ3v) is 2.37. The molecular weight excluding hydrogens is 170 g/mol. The summed E-state index contributed by atoms with van der Waals surface area (Å²) in [6.07, 6.45) is 5.26. The lowest BCUT2D eigenvalue weighted by Crippen LogP contribution is -1.81. The third-order valence-electron chi connectivity index (χ3n) is 2.37. The summed E-state index contributed by atoms with van der Waals surface area (Å²) in [5, 5.41) is 1.28. The molecule has 0 atom stereocenters. The smallest absolute Gasteiger partial charge is 0.0456 e. The maximum absolute atomic E-state index is 3.23. The van der Waals surface area contributed by atoms with Crippen molar-refractivity contribution in [3.8, 4) is 0 Å². The van der Waals surface area contributed by atoms with Gasteiger partial charge in [0.15, 0.2) is 0 Å². The normalized spacial score (nSPS) is 10.4. The van der Waals surface area contributed by atoms with Gasteiger partial charge in [0.1, 0.15) is 0 Å². The minimum atomic E-state index is 1.03. The number of nitrogens with one attached hydrogen (secondary N) is 1. The monoisotopic (exact) mass is 185 g/mol. The van der Waals surface area contributed by atoms with Gasteiger partial charge in [-0.2, -0.15) is 0 Å². The zero-order valence-electron chi connectivity index (χ0n) is 8.67. The summed E-state index contributed by atoms with van der Waals surface area (Å²) in [6, 6.07) is 8.67. The summed E-state index contributed by atoms with van der Waals surface area (Å²) in [6.45, 7) is 4.26. The number of hydrogen-bond donors (Lipinski definition) is 1. The minimum absolute atomic E-state index is 1.03. The van der Waals surface area contributed by atoms with Crippen LogP contribution in [0.5, 0.6) is 0 Å². The number of allylic oxidation sites excluding steroid dienone is 2. The number of benzene rings is 1. The standard InChI is InChI=1S/C13H15N/c1-10(2)3-4-11-5-6-12-7-8-14-13(12)9-11/h3,5-9,14H,4H2,1-2H3. The lowest BCUT2D eigenvalue weighted by molar-refractivity contribution is 1.22. The fourth-order valence-electron chi connectivity index (χ4n) is 1.54. The highest BCUT2D eigenvalue weighted by Gasteiger charge is 1.95. The Morgan fingerprint density at radius 1 is 1.29 bits per heavy atom. The number of rotatable bonds is 2. The van der Waals surface area contributed by atoms with Crippen LogP contribution in [0.4, 0.5) is 0 Å². The van der Waals surface area contributed by atoms with Crippen molar-refractivity contribution in [2.24, 2.45) is 0 Å². The molecule has 14 heavy (non-hydrogen) atoms. The Bertz CT molecular complexity index is 459. The van der Waals surface area contributed by atoms with Crippen LogP contribution in [0.2, 0.25) is 0 Å². The number of fused-ring (bicyclic) bond motifs is 1. The van der Waals surface area contributed by atoms with E-state index in [-0.39, 0.29) is 0 Å². The summed E-state index contributed by atoms with van der Waals surface area (Å²) in [5.74, 6) is 0. The van der Waals surface area contributed by atoms with Gasteiger partial charge in [0.25, 0.3) is 0 Å². The largest absolute Gasteiger partial charge is 0.361 e. The van der Waals surface area contributed by atoms with Gasteiger partial charge >= 0.3 is 0 Å². The average molecular weight is 185 g/mol. The highest BCUT2D eigenvalue weighted by molar-refractivity contribution is 5.79. The summed E-state index contributed by atoms with van der Waals surface area (Å²) < 4.78 is 0. The van der Waals surface area contributed by atoms with Crippen LogP contribution in [0, 0.1) is 0 Å². The predicted octanol–water partition coefficient (Wildman–Crippen LogP) is 3.68. The molecule has 0 radical (unpaired) electrons. The lowest BCUT2D eigenvalue weighted by Gasteiger charge is -1.97. The quantitative estimate of drug-likeness (QED) is 0.687.